The molecule has 4 aromatic carbocycles. The molecule has 0 saturated heterocycles. The van der Waals surface area contributed by atoms with Gasteiger partial charge in [-0.15, -0.1) is 12.0 Å². The van der Waals surface area contributed by atoms with Crippen molar-refractivity contribution in [3.05, 3.63) is 128 Å². The molecular formula is C45H56O2Si. The molecule has 0 unspecified atom stereocenters. The molecule has 0 aliphatic heterocycles. The van der Waals surface area contributed by atoms with E-state index >= 15 is 0 Å². The van der Waals surface area contributed by atoms with Crippen molar-refractivity contribution in [2.45, 2.75) is 112 Å². The lowest BCUT2D eigenvalue weighted by Crippen LogP contribution is -2.26. The molecule has 0 radical (unpaired) electrons. The van der Waals surface area contributed by atoms with Crippen LogP contribution in [0.5, 0.6) is 11.5 Å². The predicted molar refractivity (Wildman–Crippen MR) is 209 cm³/mol. The summed E-state index contributed by atoms with van der Waals surface area (Å²) in [5, 5.41) is 19.7. The minimum atomic E-state index is -1.38. The molecule has 3 heteroatoms. The summed E-state index contributed by atoms with van der Waals surface area (Å²) >= 11 is 0. The summed E-state index contributed by atoms with van der Waals surface area (Å²) < 4.78 is 0. The Morgan fingerprint density at radius 1 is 0.542 bits per heavy atom. The van der Waals surface area contributed by atoms with E-state index in [1.54, 1.807) is 6.07 Å². The Labute approximate surface area is 292 Å². The van der Waals surface area contributed by atoms with Gasteiger partial charge in [-0.25, -0.2) is 0 Å². The molecule has 0 bridgehead atoms. The summed E-state index contributed by atoms with van der Waals surface area (Å²) in [6.07, 6.45) is 9.59. The molecule has 48 heavy (non-hydrogen) atoms. The van der Waals surface area contributed by atoms with E-state index in [9.17, 15) is 10.2 Å². The molecule has 0 fully saturated rings. The molecule has 2 nitrogen and oxygen atoms in total. The van der Waals surface area contributed by atoms with Crippen molar-refractivity contribution in [2.24, 2.45) is 0 Å². The molecule has 0 amide bonds. The van der Waals surface area contributed by atoms with Gasteiger partial charge in [-0.1, -0.05) is 108 Å². The van der Waals surface area contributed by atoms with Crippen molar-refractivity contribution in [1.29, 1.82) is 0 Å². The molecule has 0 spiro atoms. The van der Waals surface area contributed by atoms with Crippen molar-refractivity contribution in [3.63, 3.8) is 0 Å². The molecule has 0 atom stereocenters. The van der Waals surface area contributed by atoms with Crippen molar-refractivity contribution < 1.29 is 10.2 Å². The average molecular weight is 657 g/mol. The van der Waals surface area contributed by atoms with Gasteiger partial charge in [-0.3, -0.25) is 0 Å². The lowest BCUT2D eigenvalue weighted by Gasteiger charge is -2.34. The topological polar surface area (TPSA) is 40.5 Å². The van der Waals surface area contributed by atoms with Gasteiger partial charge < -0.3 is 10.2 Å². The van der Waals surface area contributed by atoms with Gasteiger partial charge >= 0.3 is 0 Å². The quantitative estimate of drug-likeness (QED) is 0.146. The lowest BCUT2D eigenvalue weighted by atomic mass is 9.70. The summed E-state index contributed by atoms with van der Waals surface area (Å²) in [4.78, 5) is 0. The highest BCUT2D eigenvalue weighted by Gasteiger charge is 2.32. The highest BCUT2D eigenvalue weighted by atomic mass is 28.3. The van der Waals surface area contributed by atoms with E-state index in [-0.39, 0.29) is 10.8 Å². The maximum atomic E-state index is 9.92. The van der Waals surface area contributed by atoms with E-state index in [0.29, 0.717) is 11.5 Å². The molecule has 252 valence electrons. The second-order valence-corrected chi connectivity index (χ2v) is 19.0. The number of benzene rings is 4. The van der Waals surface area contributed by atoms with Gasteiger partial charge in [0, 0.05) is 22.0 Å². The van der Waals surface area contributed by atoms with Crippen LogP contribution in [0.2, 0.25) is 19.6 Å². The first-order chi connectivity index (χ1) is 22.6. The van der Waals surface area contributed by atoms with E-state index < -0.39 is 8.07 Å². The highest BCUT2D eigenvalue weighted by Crippen LogP contribution is 2.42. The van der Waals surface area contributed by atoms with Crippen molar-refractivity contribution >= 4 is 8.07 Å². The van der Waals surface area contributed by atoms with Crippen LogP contribution in [-0.2, 0) is 10.8 Å². The maximum Gasteiger partial charge on any atom is 0.129 e. The van der Waals surface area contributed by atoms with Gasteiger partial charge in [0.2, 0.25) is 0 Å². The maximum absolute atomic E-state index is 9.92. The first kappa shape index (κ1) is 38.3. The van der Waals surface area contributed by atoms with Gasteiger partial charge in [0.15, 0.2) is 0 Å². The number of aromatic hydroxyl groups is 2. The number of hydrogen-bond acceptors (Lipinski definition) is 2. The van der Waals surface area contributed by atoms with E-state index in [1.807, 2.05) is 32.0 Å². The first-order valence-electron chi connectivity index (χ1n) is 17.4. The Morgan fingerprint density at radius 3 is 1.17 bits per heavy atom. The van der Waals surface area contributed by atoms with Crippen LogP contribution in [0.4, 0.5) is 0 Å². The number of aryl methyl sites for hydroxylation is 4. The zero-order chi connectivity index (χ0) is 35.9. The van der Waals surface area contributed by atoms with Crippen LogP contribution in [-0.4, -0.2) is 18.3 Å². The Kier molecular flexibility index (Phi) is 12.6. The standard InChI is InChI=1S/C24H32OSi.C21H24O/c1-8-24(9-2,22-12-13-23(25)19(4)17-22)21-11-10-20(18(3)16-21)14-15-26(5,6)7;1-6-17-9-10-18(13-15(17)4)21(7-2,8-3)19-11-12-20(22)16(5)14-19/h10-13,16-17,25H,8-9H2,1-7H3;1,9-14,22H,7-8H2,2-5H3. The van der Waals surface area contributed by atoms with E-state index in [0.717, 1.165) is 53.5 Å². The van der Waals surface area contributed by atoms with Crippen molar-refractivity contribution in [3.8, 4) is 35.3 Å². The normalized spacial score (nSPS) is 11.5. The first-order valence-corrected chi connectivity index (χ1v) is 20.9. The molecule has 0 heterocycles. The number of terminal acetylenes is 1. The lowest BCUT2D eigenvalue weighted by molar-refractivity contribution is 0.461. The minimum absolute atomic E-state index is 0.0338. The molecular weight excluding hydrogens is 601 g/mol. The number of phenols is 2. The largest absolute Gasteiger partial charge is 0.508 e. The van der Waals surface area contributed by atoms with E-state index in [1.165, 1.54) is 27.8 Å². The van der Waals surface area contributed by atoms with Crippen molar-refractivity contribution in [1.82, 2.24) is 0 Å². The fraction of sp³-hybridized carbons (Fsp3) is 0.378. The fourth-order valence-corrected chi connectivity index (χ4v) is 7.36. The monoisotopic (exact) mass is 656 g/mol. The number of phenolic OH excluding ortho intramolecular Hbond substituents is 2. The highest BCUT2D eigenvalue weighted by molar-refractivity contribution is 6.83. The molecule has 0 aliphatic carbocycles. The molecule has 4 aromatic rings. The second-order valence-electron chi connectivity index (χ2n) is 14.3. The Balaban J connectivity index is 0.000000264. The van der Waals surface area contributed by atoms with Crippen LogP contribution in [0.25, 0.3) is 0 Å². The SMILES string of the molecule is C#Cc1ccc(C(CC)(CC)c2ccc(O)c(C)c2)cc1C.CCC(CC)(c1ccc(O)c(C)c1)c1ccc(C#C[Si](C)(C)C)c(C)c1. The summed E-state index contributed by atoms with van der Waals surface area (Å²) in [5.41, 5.74) is 14.9. The van der Waals surface area contributed by atoms with Gasteiger partial charge in [-0.2, -0.15) is 0 Å². The Morgan fingerprint density at radius 2 is 0.875 bits per heavy atom. The molecule has 0 saturated carbocycles. The van der Waals surface area contributed by atoms with Gasteiger partial charge in [-0.05, 0) is 122 Å². The number of rotatable bonds is 8. The number of hydrogen-bond donors (Lipinski definition) is 2. The zero-order valence-electron chi connectivity index (χ0n) is 31.2. The summed E-state index contributed by atoms with van der Waals surface area (Å²) in [6, 6.07) is 25.1. The van der Waals surface area contributed by atoms with Gasteiger partial charge in [0.1, 0.15) is 19.6 Å². The molecule has 0 aliphatic rings. The summed E-state index contributed by atoms with van der Waals surface area (Å²) in [7, 11) is -1.38. The van der Waals surface area contributed by atoms with Crippen LogP contribution < -0.4 is 0 Å². The van der Waals surface area contributed by atoms with Crippen LogP contribution in [0.1, 0.15) is 109 Å². The fourth-order valence-electron chi connectivity index (χ4n) is 6.85. The third-order valence-electron chi connectivity index (χ3n) is 10.2. The van der Waals surface area contributed by atoms with Crippen LogP contribution >= 0.6 is 0 Å². The smallest absolute Gasteiger partial charge is 0.129 e. The second kappa shape index (κ2) is 15.8. The minimum Gasteiger partial charge on any atom is -0.508 e. The van der Waals surface area contributed by atoms with Crippen LogP contribution in [0.15, 0.2) is 72.8 Å². The zero-order valence-corrected chi connectivity index (χ0v) is 32.2. The van der Waals surface area contributed by atoms with Gasteiger partial charge in [0.25, 0.3) is 0 Å². The third-order valence-corrected chi connectivity index (χ3v) is 11.1. The molecule has 4 rings (SSSR count). The van der Waals surface area contributed by atoms with E-state index in [4.69, 9.17) is 6.42 Å². The van der Waals surface area contributed by atoms with Crippen molar-refractivity contribution in [2.75, 3.05) is 0 Å². The Hall–Kier alpha value is -4.18. The average Bonchev–Trinajstić information content (AvgIpc) is 3.05. The van der Waals surface area contributed by atoms with Crippen LogP contribution in [0, 0.1) is 51.5 Å². The molecule has 0 aromatic heterocycles. The van der Waals surface area contributed by atoms with E-state index in [2.05, 4.69) is 127 Å². The van der Waals surface area contributed by atoms with Gasteiger partial charge in [0.05, 0.1) is 0 Å². The summed E-state index contributed by atoms with van der Waals surface area (Å²) in [5.74, 6) is 6.85. The predicted octanol–water partition coefficient (Wildman–Crippen LogP) is 11.4. The third kappa shape index (κ3) is 8.26. The summed E-state index contributed by atoms with van der Waals surface area (Å²) in [6.45, 7) is 23.9. The molecule has 2 N–H and O–H groups in total. The Bertz CT molecular complexity index is 1830. The van der Waals surface area contributed by atoms with Crippen LogP contribution in [0.3, 0.4) is 0 Å².